The highest BCUT2D eigenvalue weighted by Crippen LogP contribution is 2.45. The van der Waals surface area contributed by atoms with E-state index in [-0.39, 0.29) is 57.0 Å². The number of carbonyl (C=O) groups is 1. The molecule has 4 rings (SSSR count). The summed E-state index contributed by atoms with van der Waals surface area (Å²) in [7, 11) is 0. The molecular weight excluding hydrogens is 485 g/mol. The zero-order valence-corrected chi connectivity index (χ0v) is 17.8. The van der Waals surface area contributed by atoms with Crippen LogP contribution >= 0.6 is 0 Å². The number of ether oxygens (including phenoxy) is 2. The molecule has 3 heterocycles. The predicted octanol–water partition coefficient (Wildman–Crippen LogP) is 1.23. The number of halogens is 3. The number of hydrazine groups is 1. The highest BCUT2D eigenvalue weighted by atomic mass is 19.4. The Hall–Kier alpha value is -3.57. The van der Waals surface area contributed by atoms with Gasteiger partial charge in [0.2, 0.25) is 0 Å². The van der Waals surface area contributed by atoms with Crippen LogP contribution in [0, 0.1) is 26.1 Å². The van der Waals surface area contributed by atoms with E-state index in [0.29, 0.717) is 0 Å². The largest absolute Gasteiger partial charge is 0.416 e. The Bertz CT molecular complexity index is 1050. The van der Waals surface area contributed by atoms with Crippen molar-refractivity contribution in [1.82, 2.24) is 5.43 Å². The van der Waals surface area contributed by atoms with Gasteiger partial charge in [0, 0.05) is 38.1 Å². The summed E-state index contributed by atoms with van der Waals surface area (Å²) in [6.45, 7) is -0.117. The smallest absolute Gasteiger partial charge is 0.389 e. The number of hydrogen-bond acceptors (Lipinski definition) is 11. The minimum absolute atomic E-state index is 0.00388. The fraction of sp³-hybridized carbons (Fsp3) is 0.556. The first-order valence-corrected chi connectivity index (χ1v) is 10.3. The van der Waals surface area contributed by atoms with Gasteiger partial charge in [-0.05, 0) is 0 Å². The van der Waals surface area contributed by atoms with Crippen molar-refractivity contribution in [3.05, 3.63) is 37.9 Å². The first-order chi connectivity index (χ1) is 16.5. The molecular formula is C18H19F3N6O8. The number of alkyl halides is 3. The Morgan fingerprint density at radius 2 is 1.71 bits per heavy atom. The lowest BCUT2D eigenvalue weighted by molar-refractivity contribution is -0.393. The van der Waals surface area contributed by atoms with Crippen LogP contribution in [0.25, 0.3) is 0 Å². The second kappa shape index (κ2) is 8.90. The maximum Gasteiger partial charge on any atom is 0.416 e. The van der Waals surface area contributed by atoms with E-state index < -0.39 is 62.4 Å². The summed E-state index contributed by atoms with van der Waals surface area (Å²) in [5.41, 5.74) is -2.07. The van der Waals surface area contributed by atoms with Gasteiger partial charge in [-0.15, -0.1) is 0 Å². The number of oxime groups is 1. The molecule has 3 aliphatic rings. The standard InChI is InChI=1S/C18H19F3N6O8/c19-18(20,21)9-5-11(26(29)30)15(12(6-9)27(31)32)25-3-1-17(2-4-25)33-7-10-13(8-34-17)35-24-14(10)16(28)23-22/h5-6,10,13H,1-4,7-8,22H2,(H,23,28)/t10-,13+/m0/s1. The van der Waals surface area contributed by atoms with Crippen LogP contribution in [0.15, 0.2) is 17.3 Å². The van der Waals surface area contributed by atoms with E-state index in [9.17, 15) is 38.2 Å². The highest BCUT2D eigenvalue weighted by molar-refractivity contribution is 6.39. The Morgan fingerprint density at radius 1 is 1.14 bits per heavy atom. The molecule has 1 amide bonds. The minimum Gasteiger partial charge on any atom is -0.389 e. The molecule has 0 aliphatic carbocycles. The van der Waals surface area contributed by atoms with Gasteiger partial charge in [0.05, 0.1) is 34.5 Å². The summed E-state index contributed by atoms with van der Waals surface area (Å²) < 4.78 is 51.4. The second-order valence-electron chi connectivity index (χ2n) is 8.10. The molecule has 0 aromatic heterocycles. The third kappa shape index (κ3) is 4.56. The molecule has 2 saturated heterocycles. The van der Waals surface area contributed by atoms with Crippen molar-refractivity contribution >= 4 is 28.7 Å². The van der Waals surface area contributed by atoms with Crippen molar-refractivity contribution in [3.63, 3.8) is 0 Å². The lowest BCUT2D eigenvalue weighted by atomic mass is 9.98. The molecule has 0 radical (unpaired) electrons. The average molecular weight is 504 g/mol. The Morgan fingerprint density at radius 3 is 2.23 bits per heavy atom. The molecule has 190 valence electrons. The summed E-state index contributed by atoms with van der Waals surface area (Å²) in [5, 5.41) is 26.8. The molecule has 14 nitrogen and oxygen atoms in total. The van der Waals surface area contributed by atoms with Crippen LogP contribution in [0.2, 0.25) is 0 Å². The van der Waals surface area contributed by atoms with Crippen LogP contribution in [0.3, 0.4) is 0 Å². The lowest BCUT2D eigenvalue weighted by Gasteiger charge is -2.41. The summed E-state index contributed by atoms with van der Waals surface area (Å²) in [6, 6.07) is 0.570. The first-order valence-electron chi connectivity index (χ1n) is 10.3. The van der Waals surface area contributed by atoms with Gasteiger partial charge in [-0.2, -0.15) is 13.2 Å². The van der Waals surface area contributed by atoms with Crippen molar-refractivity contribution in [1.29, 1.82) is 0 Å². The van der Waals surface area contributed by atoms with E-state index in [0.717, 1.165) is 0 Å². The number of piperidine rings is 1. The van der Waals surface area contributed by atoms with Crippen molar-refractivity contribution in [3.8, 4) is 0 Å². The van der Waals surface area contributed by atoms with Crippen LogP contribution in [-0.2, 0) is 25.3 Å². The van der Waals surface area contributed by atoms with Gasteiger partial charge in [-0.1, -0.05) is 5.16 Å². The molecule has 0 bridgehead atoms. The number of benzene rings is 1. The van der Waals surface area contributed by atoms with Crippen LogP contribution in [0.5, 0.6) is 0 Å². The Balaban J connectivity index is 1.56. The maximum absolute atomic E-state index is 13.2. The van der Waals surface area contributed by atoms with Gasteiger partial charge >= 0.3 is 6.18 Å². The number of nitro benzene ring substituents is 2. The van der Waals surface area contributed by atoms with Gasteiger partial charge in [0.1, 0.15) is 0 Å². The van der Waals surface area contributed by atoms with Crippen molar-refractivity contribution in [2.45, 2.75) is 30.9 Å². The number of carbonyl (C=O) groups excluding carboxylic acids is 1. The SMILES string of the molecule is NNC(=O)C1=NO[C@@H]2COC3(CCN(c4c([N+](=O)[O-])cc(C(F)(F)F)cc4[N+](=O)[O-])CC3)OC[C@H]12. The lowest BCUT2D eigenvalue weighted by Crippen LogP contribution is -2.48. The maximum atomic E-state index is 13.2. The Labute approximate surface area is 194 Å². The predicted molar refractivity (Wildman–Crippen MR) is 109 cm³/mol. The number of hydrogen-bond donors (Lipinski definition) is 2. The van der Waals surface area contributed by atoms with Gasteiger partial charge in [0.25, 0.3) is 17.3 Å². The van der Waals surface area contributed by atoms with Crippen molar-refractivity contribution in [2.75, 3.05) is 31.2 Å². The van der Waals surface area contributed by atoms with E-state index >= 15 is 0 Å². The van der Waals surface area contributed by atoms with E-state index in [2.05, 4.69) is 5.16 Å². The number of nitro groups is 2. The van der Waals surface area contributed by atoms with Crippen LogP contribution in [-0.4, -0.2) is 59.7 Å². The molecule has 0 unspecified atom stereocenters. The molecule has 1 spiro atoms. The summed E-state index contributed by atoms with van der Waals surface area (Å²) in [4.78, 5) is 39.3. The third-order valence-corrected chi connectivity index (χ3v) is 6.12. The number of amides is 1. The molecule has 1 aromatic rings. The van der Waals surface area contributed by atoms with Crippen LogP contribution in [0.4, 0.5) is 30.2 Å². The Kier molecular flexibility index (Phi) is 6.24. The van der Waals surface area contributed by atoms with E-state index in [1.165, 1.54) is 4.90 Å². The zero-order chi connectivity index (χ0) is 25.5. The summed E-state index contributed by atoms with van der Waals surface area (Å²) in [6.07, 6.45) is -5.46. The number of nitrogens with two attached hydrogens (primary N) is 1. The van der Waals surface area contributed by atoms with Gasteiger partial charge in [-0.25, -0.2) is 5.84 Å². The molecule has 17 heteroatoms. The van der Waals surface area contributed by atoms with Gasteiger partial charge in [0.15, 0.2) is 23.3 Å². The van der Waals surface area contributed by atoms with Crippen molar-refractivity contribution in [2.24, 2.45) is 16.9 Å². The van der Waals surface area contributed by atoms with E-state index in [4.69, 9.17) is 20.2 Å². The topological polar surface area (TPSA) is 185 Å². The highest BCUT2D eigenvalue weighted by Gasteiger charge is 2.48. The summed E-state index contributed by atoms with van der Waals surface area (Å²) >= 11 is 0. The number of rotatable bonds is 4. The fourth-order valence-corrected chi connectivity index (χ4v) is 4.31. The average Bonchev–Trinajstić information content (AvgIpc) is 3.14. The van der Waals surface area contributed by atoms with E-state index in [1.54, 1.807) is 0 Å². The third-order valence-electron chi connectivity index (χ3n) is 6.12. The number of nitrogens with zero attached hydrogens (tertiary/aromatic N) is 4. The molecule has 2 fully saturated rings. The van der Waals surface area contributed by atoms with E-state index in [1.807, 2.05) is 5.43 Å². The van der Waals surface area contributed by atoms with Crippen LogP contribution < -0.4 is 16.2 Å². The number of anilines is 1. The quantitative estimate of drug-likeness (QED) is 0.261. The number of nitrogens with one attached hydrogen (secondary N) is 1. The zero-order valence-electron chi connectivity index (χ0n) is 17.8. The van der Waals surface area contributed by atoms with Crippen LogP contribution in [0.1, 0.15) is 18.4 Å². The minimum atomic E-state index is -5.01. The molecule has 3 aliphatic heterocycles. The van der Waals surface area contributed by atoms with Gasteiger partial charge in [-0.3, -0.25) is 30.4 Å². The first kappa shape index (κ1) is 24.6. The molecule has 3 N–H and O–H groups in total. The summed E-state index contributed by atoms with van der Waals surface area (Å²) in [5.74, 6) is 2.75. The molecule has 1 aromatic carbocycles. The van der Waals surface area contributed by atoms with Gasteiger partial charge < -0.3 is 19.2 Å². The molecule has 0 saturated carbocycles. The second-order valence-corrected chi connectivity index (χ2v) is 8.10. The monoisotopic (exact) mass is 504 g/mol. The normalized spacial score (nSPS) is 23.7. The molecule has 35 heavy (non-hydrogen) atoms. The molecule has 2 atom stereocenters. The number of fused-ring (bicyclic) bond motifs is 1. The fourth-order valence-electron chi connectivity index (χ4n) is 4.31. The van der Waals surface area contributed by atoms with Crippen molar-refractivity contribution < 1.29 is 42.1 Å².